The van der Waals surface area contributed by atoms with Crippen molar-refractivity contribution < 1.29 is 27.8 Å². The minimum absolute atomic E-state index is 0.0261. The Morgan fingerprint density at radius 3 is 2.60 bits per heavy atom. The zero-order chi connectivity index (χ0) is 22.2. The molecule has 2 N–H and O–H groups in total. The minimum Gasteiger partial charge on any atom is -0.447 e. The third-order valence-electron chi connectivity index (χ3n) is 4.87. The van der Waals surface area contributed by atoms with Gasteiger partial charge in [0, 0.05) is 29.8 Å². The van der Waals surface area contributed by atoms with Crippen LogP contribution in [0.15, 0.2) is 24.3 Å². The number of nitrogens with one attached hydrogen (secondary N) is 1. The molecule has 0 bridgehead atoms. The van der Waals surface area contributed by atoms with Crippen LogP contribution in [0.3, 0.4) is 0 Å². The largest absolute Gasteiger partial charge is 0.447 e. The summed E-state index contributed by atoms with van der Waals surface area (Å²) in [4.78, 5) is 21.9. The number of aromatic nitrogens is 2. The third-order valence-corrected chi connectivity index (χ3v) is 4.87. The molecule has 7 nitrogen and oxygen atoms in total. The smallest absolute Gasteiger partial charge is 0.416 e. The summed E-state index contributed by atoms with van der Waals surface area (Å²) in [5, 5.41) is 12.8. The van der Waals surface area contributed by atoms with Crippen molar-refractivity contribution in [1.82, 2.24) is 9.97 Å². The number of cyclic esters (lactones) is 1. The third kappa shape index (κ3) is 4.48. The van der Waals surface area contributed by atoms with Crippen LogP contribution in [0, 0.1) is 12.7 Å². The van der Waals surface area contributed by atoms with E-state index in [0.29, 0.717) is 12.6 Å². The number of aryl methyl sites for hydroxylation is 1. The van der Waals surface area contributed by atoms with E-state index in [0.717, 1.165) is 6.07 Å². The summed E-state index contributed by atoms with van der Waals surface area (Å²) in [6.07, 6.45) is -1.48. The number of hydrogen-bond donors (Lipinski definition) is 2. The standard InChI is InChI=1S/C20H23F3N4O3/c1-10-7-17(27-16(12(3)28)9-30-19(27)29)26-18(24-10)25-11(2)14-6-5-13(8-15(14)21)20(4,22)23/h5-8,11-12,16,28H,9H2,1-4H3,(H,24,25,26)/t11-,12+,16?/m0/s1. The molecule has 0 spiro atoms. The Labute approximate surface area is 171 Å². The normalized spacial score (nSPS) is 18.9. The van der Waals surface area contributed by atoms with Gasteiger partial charge in [0.25, 0.3) is 5.92 Å². The second kappa shape index (κ2) is 8.10. The molecule has 30 heavy (non-hydrogen) atoms. The summed E-state index contributed by atoms with van der Waals surface area (Å²) in [7, 11) is 0. The molecule has 1 aliphatic rings. The molecule has 2 aromatic rings. The number of ether oxygens (including phenoxy) is 1. The van der Waals surface area contributed by atoms with Gasteiger partial charge in [-0.3, -0.25) is 4.90 Å². The Morgan fingerprint density at radius 1 is 1.30 bits per heavy atom. The number of benzene rings is 1. The summed E-state index contributed by atoms with van der Waals surface area (Å²) in [6, 6.07) is 3.60. The molecule has 1 aromatic heterocycles. The molecular formula is C20H23F3N4O3. The molecule has 0 aliphatic carbocycles. The van der Waals surface area contributed by atoms with Crippen LogP contribution >= 0.6 is 0 Å². The molecular weight excluding hydrogens is 401 g/mol. The number of carbonyl (C=O) groups excluding carboxylic acids is 1. The molecule has 1 amide bonds. The molecule has 10 heteroatoms. The van der Waals surface area contributed by atoms with Gasteiger partial charge in [0.05, 0.1) is 12.1 Å². The van der Waals surface area contributed by atoms with Crippen LogP contribution in [0.4, 0.5) is 29.7 Å². The van der Waals surface area contributed by atoms with Crippen molar-refractivity contribution >= 4 is 17.9 Å². The van der Waals surface area contributed by atoms with Crippen molar-refractivity contribution in [3.05, 3.63) is 46.9 Å². The average molecular weight is 424 g/mol. The van der Waals surface area contributed by atoms with Crippen LogP contribution in [0.5, 0.6) is 0 Å². The molecule has 1 fully saturated rings. The molecule has 2 heterocycles. The van der Waals surface area contributed by atoms with Crippen molar-refractivity contribution in [2.75, 3.05) is 16.8 Å². The molecule has 3 atom stereocenters. The lowest BCUT2D eigenvalue weighted by Gasteiger charge is -2.23. The maximum Gasteiger partial charge on any atom is 0.416 e. The van der Waals surface area contributed by atoms with Gasteiger partial charge < -0.3 is 15.2 Å². The second-order valence-corrected chi connectivity index (χ2v) is 7.44. The lowest BCUT2D eigenvalue weighted by atomic mass is 10.0. The van der Waals surface area contributed by atoms with E-state index in [1.165, 1.54) is 17.0 Å². The van der Waals surface area contributed by atoms with Crippen LogP contribution < -0.4 is 10.2 Å². The quantitative estimate of drug-likeness (QED) is 0.731. The predicted octanol–water partition coefficient (Wildman–Crippen LogP) is 3.91. The van der Waals surface area contributed by atoms with Gasteiger partial charge in [-0.2, -0.15) is 4.98 Å². The highest BCUT2D eigenvalue weighted by Crippen LogP contribution is 2.31. The maximum atomic E-state index is 14.4. The van der Waals surface area contributed by atoms with Gasteiger partial charge in [-0.05, 0) is 26.8 Å². The van der Waals surface area contributed by atoms with E-state index in [4.69, 9.17) is 4.74 Å². The first-order valence-electron chi connectivity index (χ1n) is 9.41. The van der Waals surface area contributed by atoms with E-state index >= 15 is 0 Å². The topological polar surface area (TPSA) is 87.6 Å². The van der Waals surface area contributed by atoms with Crippen molar-refractivity contribution in [2.24, 2.45) is 0 Å². The number of alkyl halides is 2. The first kappa shape index (κ1) is 21.8. The van der Waals surface area contributed by atoms with Crippen LogP contribution in [0.25, 0.3) is 0 Å². The first-order valence-corrected chi connectivity index (χ1v) is 9.41. The highest BCUT2D eigenvalue weighted by molar-refractivity contribution is 5.89. The fourth-order valence-electron chi connectivity index (χ4n) is 3.22. The molecule has 3 rings (SSSR count). The summed E-state index contributed by atoms with van der Waals surface area (Å²) in [6.45, 7) is 5.60. The Kier molecular flexibility index (Phi) is 5.89. The van der Waals surface area contributed by atoms with Gasteiger partial charge in [-0.25, -0.2) is 22.9 Å². The summed E-state index contributed by atoms with van der Waals surface area (Å²) in [5.41, 5.74) is 0.277. The van der Waals surface area contributed by atoms with Crippen molar-refractivity contribution in [3.8, 4) is 0 Å². The second-order valence-electron chi connectivity index (χ2n) is 7.44. The lowest BCUT2D eigenvalue weighted by molar-refractivity contribution is 0.0171. The minimum atomic E-state index is -3.14. The van der Waals surface area contributed by atoms with Gasteiger partial charge >= 0.3 is 6.09 Å². The number of halogens is 3. The van der Waals surface area contributed by atoms with Crippen LogP contribution in [0.2, 0.25) is 0 Å². The lowest BCUT2D eigenvalue weighted by Crippen LogP contribution is -2.41. The Morgan fingerprint density at radius 2 is 2.00 bits per heavy atom. The number of hydrogen-bond acceptors (Lipinski definition) is 6. The number of anilines is 2. The van der Waals surface area contributed by atoms with Crippen molar-refractivity contribution in [1.29, 1.82) is 0 Å². The SMILES string of the molecule is Cc1cc(N2C(=O)OCC2[C@@H](C)O)nc(N[C@@H](C)c2ccc(C(C)(F)F)cc2F)n1. The first-order chi connectivity index (χ1) is 14.0. The van der Waals surface area contributed by atoms with Crippen LogP contribution in [-0.2, 0) is 10.7 Å². The molecule has 1 aromatic carbocycles. The summed E-state index contributed by atoms with van der Waals surface area (Å²) < 4.78 is 46.2. The number of rotatable bonds is 6. The van der Waals surface area contributed by atoms with E-state index in [1.54, 1.807) is 26.8 Å². The average Bonchev–Trinajstić information content (AvgIpc) is 3.02. The Hall–Kier alpha value is -2.88. The summed E-state index contributed by atoms with van der Waals surface area (Å²) in [5.74, 6) is -3.58. The van der Waals surface area contributed by atoms with E-state index in [-0.39, 0.29) is 23.9 Å². The van der Waals surface area contributed by atoms with E-state index in [9.17, 15) is 23.1 Å². The van der Waals surface area contributed by atoms with Crippen molar-refractivity contribution in [2.45, 2.75) is 51.8 Å². The number of aliphatic hydroxyl groups is 1. The predicted molar refractivity (Wildman–Crippen MR) is 104 cm³/mol. The van der Waals surface area contributed by atoms with Gasteiger partial charge in [0.2, 0.25) is 5.95 Å². The van der Waals surface area contributed by atoms with Crippen LogP contribution in [0.1, 0.15) is 43.6 Å². The fourth-order valence-corrected chi connectivity index (χ4v) is 3.22. The number of carbonyl (C=O) groups is 1. The van der Waals surface area contributed by atoms with E-state index in [1.807, 2.05) is 0 Å². The number of aliphatic hydroxyl groups excluding tert-OH is 1. The fraction of sp³-hybridized carbons (Fsp3) is 0.450. The van der Waals surface area contributed by atoms with Crippen LogP contribution in [-0.4, -0.2) is 39.9 Å². The highest BCUT2D eigenvalue weighted by atomic mass is 19.3. The molecule has 1 aliphatic heterocycles. The zero-order valence-electron chi connectivity index (χ0n) is 17.0. The summed E-state index contributed by atoms with van der Waals surface area (Å²) >= 11 is 0. The number of nitrogens with zero attached hydrogens (tertiary/aromatic N) is 3. The molecule has 1 unspecified atom stereocenters. The van der Waals surface area contributed by atoms with Gasteiger partial charge in [-0.15, -0.1) is 0 Å². The van der Waals surface area contributed by atoms with Crippen molar-refractivity contribution in [3.63, 3.8) is 0 Å². The Bertz CT molecular complexity index is 949. The molecule has 0 radical (unpaired) electrons. The molecule has 162 valence electrons. The van der Waals surface area contributed by atoms with Gasteiger partial charge in [0.1, 0.15) is 24.3 Å². The van der Waals surface area contributed by atoms with E-state index in [2.05, 4.69) is 15.3 Å². The number of amides is 1. The van der Waals surface area contributed by atoms with Gasteiger partial charge in [0.15, 0.2) is 0 Å². The molecule has 1 saturated heterocycles. The molecule has 0 saturated carbocycles. The zero-order valence-corrected chi connectivity index (χ0v) is 17.0. The maximum absolute atomic E-state index is 14.4. The monoisotopic (exact) mass is 424 g/mol. The van der Waals surface area contributed by atoms with Gasteiger partial charge in [-0.1, -0.05) is 12.1 Å². The van der Waals surface area contributed by atoms with E-state index < -0.39 is 41.6 Å². The highest BCUT2D eigenvalue weighted by Gasteiger charge is 2.38. The Balaban J connectivity index is 1.86.